The summed E-state index contributed by atoms with van der Waals surface area (Å²) in [4.78, 5) is 0. The number of hydrogen-bond acceptors (Lipinski definition) is 0. The van der Waals surface area contributed by atoms with Gasteiger partial charge in [0.2, 0.25) is 0 Å². The Balaban J connectivity index is 3.17. The summed E-state index contributed by atoms with van der Waals surface area (Å²) in [6, 6.07) is 0. The summed E-state index contributed by atoms with van der Waals surface area (Å²) in [5, 5.41) is 0.224. The summed E-state index contributed by atoms with van der Waals surface area (Å²) >= 11 is 5.46. The van der Waals surface area contributed by atoms with Crippen LogP contribution in [-0.4, -0.2) is 11.0 Å². The molecule has 0 aromatic carbocycles. The number of hydrogen-bond donors (Lipinski definition) is 0. The molecule has 0 fully saturated rings. The molecule has 0 N–H and O–H groups in total. The van der Waals surface area contributed by atoms with Gasteiger partial charge in [-0.2, -0.15) is 0 Å². The van der Waals surface area contributed by atoms with E-state index in [1.54, 1.807) is 0 Å². The summed E-state index contributed by atoms with van der Waals surface area (Å²) in [7, 11) is 2.66. The van der Waals surface area contributed by atoms with Gasteiger partial charge in [-0.25, -0.2) is 0 Å². The van der Waals surface area contributed by atoms with Crippen molar-refractivity contribution in [3.8, 4) is 0 Å². The molecule has 0 bridgehead atoms. The Morgan fingerprint density at radius 1 is 1.67 bits per heavy atom. The largest absolute Gasteiger partial charge is 0.130 e. The zero-order valence-electron chi connectivity index (χ0n) is 4.16. The SMILES string of the molecule is CC(C)(P)CCl. The van der Waals surface area contributed by atoms with Crippen LogP contribution >= 0.6 is 20.8 Å². The van der Waals surface area contributed by atoms with Gasteiger partial charge >= 0.3 is 0 Å². The van der Waals surface area contributed by atoms with Crippen molar-refractivity contribution in [3.05, 3.63) is 0 Å². The third-order valence-electron chi connectivity index (χ3n) is 0.344. The number of halogens is 1. The highest BCUT2D eigenvalue weighted by molar-refractivity contribution is 7.19. The topological polar surface area (TPSA) is 0 Å². The van der Waals surface area contributed by atoms with Gasteiger partial charge in [-0.1, -0.05) is 13.8 Å². The number of rotatable bonds is 1. The quantitative estimate of drug-likeness (QED) is 0.370. The molecule has 0 heterocycles. The van der Waals surface area contributed by atoms with Crippen LogP contribution in [0.4, 0.5) is 0 Å². The zero-order chi connectivity index (χ0) is 5.21. The van der Waals surface area contributed by atoms with Crippen molar-refractivity contribution in [1.29, 1.82) is 0 Å². The normalized spacial score (nSPS) is 12.0. The van der Waals surface area contributed by atoms with Crippen LogP contribution in [0.3, 0.4) is 0 Å². The summed E-state index contributed by atoms with van der Waals surface area (Å²) in [6.45, 7) is 4.15. The summed E-state index contributed by atoms with van der Waals surface area (Å²) in [5.74, 6) is 0.706. The lowest BCUT2D eigenvalue weighted by Crippen LogP contribution is -2.09. The van der Waals surface area contributed by atoms with E-state index in [9.17, 15) is 0 Å². The highest BCUT2D eigenvalue weighted by atomic mass is 35.5. The van der Waals surface area contributed by atoms with E-state index >= 15 is 0 Å². The predicted octanol–water partition coefficient (Wildman–Crippen LogP) is 1.88. The first-order valence-electron chi connectivity index (χ1n) is 1.91. The maximum atomic E-state index is 5.46. The first-order valence-corrected chi connectivity index (χ1v) is 3.02. The smallest absolute Gasteiger partial charge is 0.0309 e. The first-order chi connectivity index (χ1) is 2.56. The van der Waals surface area contributed by atoms with Crippen LogP contribution in [0.2, 0.25) is 0 Å². The zero-order valence-corrected chi connectivity index (χ0v) is 6.07. The maximum Gasteiger partial charge on any atom is 0.0309 e. The molecule has 0 aliphatic heterocycles. The molecule has 38 valence electrons. The highest BCUT2D eigenvalue weighted by Crippen LogP contribution is 2.16. The lowest BCUT2D eigenvalue weighted by atomic mass is 10.2. The van der Waals surface area contributed by atoms with Crippen molar-refractivity contribution < 1.29 is 0 Å². The van der Waals surface area contributed by atoms with Crippen LogP contribution in [-0.2, 0) is 0 Å². The second kappa shape index (κ2) is 2.14. The molecule has 0 amide bonds. The Kier molecular flexibility index (Phi) is 2.39. The fourth-order valence-corrected chi connectivity index (χ4v) is 0. The fraction of sp³-hybridized carbons (Fsp3) is 1.00. The second-order valence-electron chi connectivity index (χ2n) is 2.12. The molecular weight excluding hydrogens is 114 g/mol. The van der Waals surface area contributed by atoms with Crippen molar-refractivity contribution in [2.75, 3.05) is 5.88 Å². The van der Waals surface area contributed by atoms with Gasteiger partial charge in [-0.3, -0.25) is 0 Å². The van der Waals surface area contributed by atoms with Gasteiger partial charge in [0.1, 0.15) is 0 Å². The van der Waals surface area contributed by atoms with Crippen LogP contribution in [0.1, 0.15) is 13.8 Å². The average molecular weight is 125 g/mol. The van der Waals surface area contributed by atoms with Crippen molar-refractivity contribution in [2.45, 2.75) is 19.0 Å². The maximum absolute atomic E-state index is 5.46. The molecule has 0 rings (SSSR count). The minimum atomic E-state index is 0.224. The predicted molar refractivity (Wildman–Crippen MR) is 34.5 cm³/mol. The minimum absolute atomic E-state index is 0.224. The van der Waals surface area contributed by atoms with Crippen molar-refractivity contribution in [3.63, 3.8) is 0 Å². The third-order valence-corrected chi connectivity index (χ3v) is 1.50. The summed E-state index contributed by atoms with van der Waals surface area (Å²) < 4.78 is 0. The van der Waals surface area contributed by atoms with E-state index in [4.69, 9.17) is 11.6 Å². The van der Waals surface area contributed by atoms with Crippen molar-refractivity contribution in [2.24, 2.45) is 0 Å². The van der Waals surface area contributed by atoms with Crippen LogP contribution in [0, 0.1) is 0 Å². The molecule has 0 spiro atoms. The van der Waals surface area contributed by atoms with E-state index in [1.807, 2.05) is 0 Å². The highest BCUT2D eigenvalue weighted by Gasteiger charge is 2.05. The molecule has 0 aliphatic carbocycles. The van der Waals surface area contributed by atoms with E-state index < -0.39 is 0 Å². The van der Waals surface area contributed by atoms with Gasteiger partial charge in [0, 0.05) is 5.88 Å². The minimum Gasteiger partial charge on any atom is -0.130 e. The lowest BCUT2D eigenvalue weighted by molar-refractivity contribution is 0.813. The van der Waals surface area contributed by atoms with E-state index in [2.05, 4.69) is 23.1 Å². The fourth-order valence-electron chi connectivity index (χ4n) is 0. The average Bonchev–Trinajstić information content (AvgIpc) is 1.35. The monoisotopic (exact) mass is 124 g/mol. The number of alkyl halides is 1. The molecule has 0 saturated heterocycles. The molecule has 2 heteroatoms. The van der Waals surface area contributed by atoms with E-state index in [0.717, 1.165) is 0 Å². The van der Waals surface area contributed by atoms with E-state index in [0.29, 0.717) is 5.88 Å². The van der Waals surface area contributed by atoms with Crippen LogP contribution in [0.25, 0.3) is 0 Å². The van der Waals surface area contributed by atoms with Gasteiger partial charge < -0.3 is 0 Å². The molecule has 0 aliphatic rings. The Hall–Kier alpha value is 0.720. The molecule has 0 saturated carbocycles. The standard InChI is InChI=1S/C4H10ClP/c1-4(2,6)3-5/h3,6H2,1-2H3. The Morgan fingerprint density at radius 2 is 1.83 bits per heavy atom. The molecule has 0 aromatic heterocycles. The van der Waals surface area contributed by atoms with Crippen molar-refractivity contribution in [1.82, 2.24) is 0 Å². The van der Waals surface area contributed by atoms with Gasteiger partial charge in [0.25, 0.3) is 0 Å². The van der Waals surface area contributed by atoms with Gasteiger partial charge in [-0.05, 0) is 5.16 Å². The van der Waals surface area contributed by atoms with E-state index in [-0.39, 0.29) is 5.16 Å². The third kappa shape index (κ3) is 4.72. The molecular formula is C4H10ClP. The summed E-state index contributed by atoms with van der Waals surface area (Å²) in [5.41, 5.74) is 0. The molecule has 1 atom stereocenters. The molecule has 6 heavy (non-hydrogen) atoms. The van der Waals surface area contributed by atoms with Crippen LogP contribution in [0.15, 0.2) is 0 Å². The van der Waals surface area contributed by atoms with Crippen LogP contribution < -0.4 is 0 Å². The van der Waals surface area contributed by atoms with Crippen molar-refractivity contribution >= 4 is 20.8 Å². The first kappa shape index (κ1) is 6.72. The van der Waals surface area contributed by atoms with E-state index in [1.165, 1.54) is 0 Å². The lowest BCUT2D eigenvalue weighted by Gasteiger charge is -2.10. The Labute approximate surface area is 46.5 Å². The molecule has 1 unspecified atom stereocenters. The molecule has 0 aromatic rings. The Morgan fingerprint density at radius 3 is 1.83 bits per heavy atom. The molecule has 0 radical (unpaired) electrons. The Bertz CT molecular complexity index is 37.3. The van der Waals surface area contributed by atoms with Gasteiger partial charge in [0.05, 0.1) is 0 Å². The van der Waals surface area contributed by atoms with Gasteiger partial charge in [0.15, 0.2) is 0 Å². The second-order valence-corrected chi connectivity index (χ2v) is 3.95. The molecule has 0 nitrogen and oxygen atoms in total. The summed E-state index contributed by atoms with van der Waals surface area (Å²) in [6.07, 6.45) is 0. The van der Waals surface area contributed by atoms with Crippen LogP contribution in [0.5, 0.6) is 0 Å². The van der Waals surface area contributed by atoms with Gasteiger partial charge in [-0.15, -0.1) is 20.8 Å².